The average molecular weight is 499 g/mol. The number of carbonyl (C=O) groups is 1. The molecule has 1 unspecified atom stereocenters. The minimum atomic E-state index is -0.141. The van der Waals surface area contributed by atoms with E-state index in [-0.39, 0.29) is 11.8 Å². The second-order valence-electron chi connectivity index (χ2n) is 10.7. The summed E-state index contributed by atoms with van der Waals surface area (Å²) in [6.45, 7) is 5.96. The predicted molar refractivity (Wildman–Crippen MR) is 144 cm³/mol. The lowest BCUT2D eigenvalue weighted by Crippen LogP contribution is -2.66. The van der Waals surface area contributed by atoms with Crippen molar-refractivity contribution in [1.29, 1.82) is 0 Å². The third kappa shape index (κ3) is 3.86. The van der Waals surface area contributed by atoms with Crippen LogP contribution in [0, 0.1) is 5.41 Å². The van der Waals surface area contributed by atoms with Crippen LogP contribution in [0.25, 0.3) is 22.2 Å². The van der Waals surface area contributed by atoms with Gasteiger partial charge in [-0.15, -0.1) is 0 Å². The molecule has 0 radical (unpaired) electrons. The smallest absolute Gasteiger partial charge is 0.158 e. The number of fused-ring (bicyclic) bond motifs is 1. The summed E-state index contributed by atoms with van der Waals surface area (Å²) in [4.78, 5) is 18.3. The summed E-state index contributed by atoms with van der Waals surface area (Å²) in [5, 5.41) is 13.1. The van der Waals surface area contributed by atoms with Gasteiger partial charge in [0.1, 0.15) is 0 Å². The number of nitrogens with zero attached hydrogens (tertiary/aromatic N) is 3. The van der Waals surface area contributed by atoms with Gasteiger partial charge < -0.3 is 9.64 Å². The maximum absolute atomic E-state index is 13.6. The molecule has 3 saturated heterocycles. The molecule has 1 spiro atoms. The van der Waals surface area contributed by atoms with Crippen molar-refractivity contribution in [2.45, 2.75) is 25.3 Å². The molecule has 3 fully saturated rings. The van der Waals surface area contributed by atoms with Gasteiger partial charge in [0.2, 0.25) is 0 Å². The molecule has 0 amide bonds. The molecule has 36 heavy (non-hydrogen) atoms. The van der Waals surface area contributed by atoms with Crippen molar-refractivity contribution in [1.82, 2.24) is 15.1 Å². The summed E-state index contributed by atoms with van der Waals surface area (Å²) >= 11 is 1.66. The Morgan fingerprint density at radius 2 is 1.89 bits per heavy atom. The molecule has 2 aromatic carbocycles. The fourth-order valence-corrected chi connectivity index (χ4v) is 6.75. The van der Waals surface area contributed by atoms with Crippen molar-refractivity contribution < 1.29 is 9.53 Å². The van der Waals surface area contributed by atoms with Gasteiger partial charge in [-0.1, -0.05) is 18.2 Å². The number of anilines is 1. The number of ketones is 1. The Morgan fingerprint density at radius 1 is 1.08 bits per heavy atom. The van der Waals surface area contributed by atoms with Gasteiger partial charge in [0.15, 0.2) is 5.78 Å². The van der Waals surface area contributed by atoms with Crippen molar-refractivity contribution in [3.8, 4) is 11.3 Å². The zero-order valence-corrected chi connectivity index (χ0v) is 21.1. The number of ether oxygens (including phenoxy) is 1. The van der Waals surface area contributed by atoms with Crippen LogP contribution in [0.2, 0.25) is 0 Å². The van der Waals surface area contributed by atoms with Crippen LogP contribution in [-0.4, -0.2) is 60.3 Å². The molecule has 7 heteroatoms. The molecule has 4 aromatic rings. The fraction of sp³-hybridized carbons (Fsp3) is 0.379. The van der Waals surface area contributed by atoms with E-state index in [9.17, 15) is 4.79 Å². The van der Waals surface area contributed by atoms with Gasteiger partial charge in [-0.3, -0.25) is 14.8 Å². The zero-order valence-electron chi connectivity index (χ0n) is 20.3. The highest BCUT2D eigenvalue weighted by atomic mass is 32.1. The molecule has 1 atom stereocenters. The zero-order chi connectivity index (χ0) is 24.1. The van der Waals surface area contributed by atoms with E-state index in [1.165, 1.54) is 18.5 Å². The molecule has 0 bridgehead atoms. The molecule has 184 valence electrons. The quantitative estimate of drug-likeness (QED) is 0.385. The lowest BCUT2D eigenvalue weighted by atomic mass is 9.78. The molecule has 0 saturated carbocycles. The Kier molecular flexibility index (Phi) is 5.45. The van der Waals surface area contributed by atoms with E-state index in [1.807, 2.05) is 0 Å². The second kappa shape index (κ2) is 8.83. The molecular weight excluding hydrogens is 468 g/mol. The van der Waals surface area contributed by atoms with Crippen molar-refractivity contribution in [3.63, 3.8) is 0 Å². The summed E-state index contributed by atoms with van der Waals surface area (Å²) < 4.78 is 5.40. The summed E-state index contributed by atoms with van der Waals surface area (Å²) in [7, 11) is 0. The molecular formula is C29H30N4O2S. The van der Waals surface area contributed by atoms with Crippen molar-refractivity contribution >= 4 is 33.7 Å². The Hall–Kier alpha value is -3.00. The highest BCUT2D eigenvalue weighted by Gasteiger charge is 2.49. The van der Waals surface area contributed by atoms with E-state index in [2.05, 4.69) is 79.3 Å². The van der Waals surface area contributed by atoms with Gasteiger partial charge >= 0.3 is 0 Å². The number of aromatic nitrogens is 2. The fourth-order valence-electron chi connectivity index (χ4n) is 6.07. The van der Waals surface area contributed by atoms with Crippen LogP contribution in [-0.2, 0) is 16.0 Å². The maximum Gasteiger partial charge on any atom is 0.158 e. The van der Waals surface area contributed by atoms with E-state index < -0.39 is 0 Å². The van der Waals surface area contributed by atoms with E-state index in [4.69, 9.17) is 4.74 Å². The third-order valence-electron chi connectivity index (χ3n) is 8.05. The van der Waals surface area contributed by atoms with Crippen LogP contribution < -0.4 is 4.90 Å². The summed E-state index contributed by atoms with van der Waals surface area (Å²) in [5.41, 5.74) is 6.85. The summed E-state index contributed by atoms with van der Waals surface area (Å²) in [5.74, 6) is 0.272. The number of H-pyrrole nitrogens is 1. The minimum Gasteiger partial charge on any atom is -0.380 e. The minimum absolute atomic E-state index is 0.141. The highest BCUT2D eigenvalue weighted by Crippen LogP contribution is 2.40. The van der Waals surface area contributed by atoms with Crippen molar-refractivity contribution in [2.24, 2.45) is 5.41 Å². The van der Waals surface area contributed by atoms with Crippen molar-refractivity contribution in [2.75, 3.05) is 44.3 Å². The number of rotatable bonds is 7. The number of carbonyl (C=O) groups excluding carboxylic acids is 1. The number of nitrogens with one attached hydrogen (secondary N) is 1. The van der Waals surface area contributed by atoms with Gasteiger partial charge in [-0.05, 0) is 78.2 Å². The molecule has 6 nitrogen and oxygen atoms in total. The van der Waals surface area contributed by atoms with Crippen LogP contribution in [0.1, 0.15) is 30.0 Å². The van der Waals surface area contributed by atoms with Gasteiger partial charge in [-0.2, -0.15) is 16.4 Å². The molecule has 1 N–H and O–H groups in total. The Bertz CT molecular complexity index is 1380. The Labute approximate surface area is 214 Å². The number of benzene rings is 2. The predicted octanol–water partition coefficient (Wildman–Crippen LogP) is 5.08. The number of likely N-dealkylation sites (tertiary alicyclic amines) is 1. The lowest BCUT2D eigenvalue weighted by molar-refractivity contribution is -0.127. The Morgan fingerprint density at radius 3 is 2.58 bits per heavy atom. The summed E-state index contributed by atoms with van der Waals surface area (Å²) in [6, 6.07) is 16.9. The second-order valence-corrected chi connectivity index (χ2v) is 11.5. The first kappa shape index (κ1) is 22.2. The van der Waals surface area contributed by atoms with Gasteiger partial charge in [0, 0.05) is 36.1 Å². The number of Topliss-reactive ketones (excluding diaryl/α,β-unsaturated/α-hetero) is 1. The SMILES string of the molecule is O=C(Cc1ccc2[nH]nc(-c3ccc(N4CC5(COC5)C4)cc3)c2c1)C(c1ccsc1)N1CCCC1. The van der Waals surface area contributed by atoms with Crippen molar-refractivity contribution in [3.05, 3.63) is 70.4 Å². The third-order valence-corrected chi connectivity index (χ3v) is 8.75. The van der Waals surface area contributed by atoms with E-state index in [1.54, 1.807) is 11.3 Å². The van der Waals surface area contributed by atoms with Crippen LogP contribution in [0.4, 0.5) is 5.69 Å². The molecule has 3 aliphatic heterocycles. The standard InChI is InChI=1S/C29H30N4O2S/c34-26(28(22-9-12-36-15-22)32-10-1-2-11-32)14-20-3-8-25-24(13-20)27(31-30-25)21-4-6-23(7-5-21)33-16-29(17-33)18-35-19-29/h3-9,12-13,15,28H,1-2,10-11,14,16-19H2,(H,30,31). The van der Waals surface area contributed by atoms with Crippen LogP contribution in [0.15, 0.2) is 59.3 Å². The summed E-state index contributed by atoms with van der Waals surface area (Å²) in [6.07, 6.45) is 2.77. The van der Waals surface area contributed by atoms with Gasteiger partial charge in [-0.25, -0.2) is 0 Å². The topological polar surface area (TPSA) is 61.5 Å². The van der Waals surface area contributed by atoms with E-state index in [0.717, 1.165) is 72.7 Å². The van der Waals surface area contributed by atoms with Crippen LogP contribution in [0.5, 0.6) is 0 Å². The first-order valence-corrected chi connectivity index (χ1v) is 13.8. The molecule has 7 rings (SSSR count). The number of thiophene rings is 1. The van der Waals surface area contributed by atoms with Crippen LogP contribution >= 0.6 is 11.3 Å². The normalized spacial score (nSPS) is 19.9. The molecule has 5 heterocycles. The first-order valence-electron chi connectivity index (χ1n) is 12.9. The average Bonchev–Trinajstić information content (AvgIpc) is 3.61. The number of hydrogen-bond donors (Lipinski definition) is 1. The largest absolute Gasteiger partial charge is 0.380 e. The number of aromatic amines is 1. The molecule has 2 aromatic heterocycles. The maximum atomic E-state index is 13.6. The van der Waals surface area contributed by atoms with Crippen LogP contribution in [0.3, 0.4) is 0 Å². The first-order chi connectivity index (χ1) is 17.7. The lowest BCUT2D eigenvalue weighted by Gasteiger charge is -2.56. The van der Waals surface area contributed by atoms with E-state index in [0.29, 0.717) is 11.8 Å². The van der Waals surface area contributed by atoms with E-state index >= 15 is 0 Å². The molecule has 3 aliphatic rings. The van der Waals surface area contributed by atoms with Gasteiger partial charge in [0.25, 0.3) is 0 Å². The highest BCUT2D eigenvalue weighted by molar-refractivity contribution is 7.08. The Balaban J connectivity index is 1.12. The number of hydrogen-bond acceptors (Lipinski definition) is 6. The monoisotopic (exact) mass is 498 g/mol. The molecule has 0 aliphatic carbocycles. The van der Waals surface area contributed by atoms with Gasteiger partial charge in [0.05, 0.1) is 35.9 Å².